The Morgan fingerprint density at radius 2 is 1.88 bits per heavy atom. The van der Waals surface area contributed by atoms with Crippen LogP contribution in [0, 0.1) is 13.8 Å². The number of carbonyl (C=O) groups excluding carboxylic acids is 1. The summed E-state index contributed by atoms with van der Waals surface area (Å²) in [6.45, 7) is 4.59. The monoisotopic (exact) mass is 444 g/mol. The molecule has 5 nitrogen and oxygen atoms in total. The number of amides is 1. The van der Waals surface area contributed by atoms with Gasteiger partial charge in [-0.15, -0.1) is 0 Å². The molecule has 0 saturated heterocycles. The van der Waals surface area contributed by atoms with Crippen molar-refractivity contribution in [2.75, 3.05) is 11.9 Å². The lowest BCUT2D eigenvalue weighted by molar-refractivity contribution is 0.0977. The average molecular weight is 445 g/mol. The molecule has 0 aliphatic carbocycles. The largest absolute Gasteiger partial charge is 0.361 e. The summed E-state index contributed by atoms with van der Waals surface area (Å²) in [4.78, 5) is 20.8. The quantitative estimate of drug-likeness (QED) is 0.266. The topological polar surface area (TPSA) is 69.3 Å². The molecule has 3 N–H and O–H groups in total. The van der Waals surface area contributed by atoms with Crippen molar-refractivity contribution in [3.8, 4) is 0 Å². The maximum Gasteiger partial charge on any atom is 0.258 e. The molecular formula is C26H25ClN4O. The molecule has 1 aromatic heterocycles. The maximum absolute atomic E-state index is 12.8. The Morgan fingerprint density at radius 3 is 2.69 bits per heavy atom. The van der Waals surface area contributed by atoms with Gasteiger partial charge in [-0.1, -0.05) is 53.6 Å². The summed E-state index contributed by atoms with van der Waals surface area (Å²) in [5.74, 6) is 0.136. The highest BCUT2D eigenvalue weighted by molar-refractivity contribution is 6.31. The van der Waals surface area contributed by atoms with Gasteiger partial charge in [0.2, 0.25) is 5.96 Å². The summed E-state index contributed by atoms with van der Waals surface area (Å²) in [6, 6.07) is 21.2. The first-order valence-electron chi connectivity index (χ1n) is 10.5. The number of aromatic amines is 1. The van der Waals surface area contributed by atoms with Crippen molar-refractivity contribution >= 4 is 40.1 Å². The van der Waals surface area contributed by atoms with E-state index in [-0.39, 0.29) is 5.91 Å². The van der Waals surface area contributed by atoms with E-state index < -0.39 is 0 Å². The first-order valence-corrected chi connectivity index (χ1v) is 10.9. The molecule has 0 atom stereocenters. The third-order valence-corrected chi connectivity index (χ3v) is 5.51. The van der Waals surface area contributed by atoms with E-state index in [9.17, 15) is 4.79 Å². The van der Waals surface area contributed by atoms with Gasteiger partial charge in [-0.3, -0.25) is 15.1 Å². The van der Waals surface area contributed by atoms with Crippen LogP contribution in [0.1, 0.15) is 27.0 Å². The van der Waals surface area contributed by atoms with Gasteiger partial charge in [0.05, 0.1) is 0 Å². The van der Waals surface area contributed by atoms with E-state index in [0.29, 0.717) is 23.1 Å². The second kappa shape index (κ2) is 9.71. The Morgan fingerprint density at radius 1 is 1.03 bits per heavy atom. The summed E-state index contributed by atoms with van der Waals surface area (Å²) in [5, 5.41) is 7.89. The number of H-pyrrole nitrogens is 1. The molecule has 0 unspecified atom stereocenters. The third-order valence-electron chi connectivity index (χ3n) is 5.28. The van der Waals surface area contributed by atoms with Crippen molar-refractivity contribution < 1.29 is 4.79 Å². The van der Waals surface area contributed by atoms with Gasteiger partial charge in [0, 0.05) is 39.9 Å². The second-order valence-corrected chi connectivity index (χ2v) is 8.18. The summed E-state index contributed by atoms with van der Waals surface area (Å²) < 4.78 is 0. The summed E-state index contributed by atoms with van der Waals surface area (Å²) in [6.07, 6.45) is 2.76. The van der Waals surface area contributed by atoms with Crippen LogP contribution in [-0.2, 0) is 6.42 Å². The molecule has 0 aliphatic heterocycles. The molecule has 4 rings (SSSR count). The Bertz CT molecular complexity index is 1290. The zero-order chi connectivity index (χ0) is 22.5. The normalized spacial score (nSPS) is 11.5. The van der Waals surface area contributed by atoms with Crippen molar-refractivity contribution in [1.82, 2.24) is 10.3 Å². The highest BCUT2D eigenvalue weighted by atomic mass is 35.5. The molecule has 6 heteroatoms. The number of hydrogen-bond donors (Lipinski definition) is 3. The highest BCUT2D eigenvalue weighted by Crippen LogP contribution is 2.19. The zero-order valence-electron chi connectivity index (χ0n) is 18.1. The van der Waals surface area contributed by atoms with Crippen LogP contribution in [0.5, 0.6) is 0 Å². The molecule has 0 fully saturated rings. The van der Waals surface area contributed by atoms with Crippen LogP contribution in [0.25, 0.3) is 10.9 Å². The Balaban J connectivity index is 1.54. The second-order valence-electron chi connectivity index (χ2n) is 7.75. The van der Waals surface area contributed by atoms with E-state index in [2.05, 4.69) is 38.8 Å². The van der Waals surface area contributed by atoms with Crippen LogP contribution in [0.3, 0.4) is 0 Å². The SMILES string of the molecule is Cc1ccc(NC(=NCCc2c[nH]c3ccccc23)NC(=O)c2cccc(Cl)c2)c(C)c1. The number of para-hydroxylation sites is 1. The van der Waals surface area contributed by atoms with Crippen LogP contribution in [0.15, 0.2) is 77.9 Å². The number of carbonyl (C=O) groups is 1. The molecule has 0 bridgehead atoms. The number of aromatic nitrogens is 1. The van der Waals surface area contributed by atoms with Gasteiger partial charge in [0.15, 0.2) is 0 Å². The van der Waals surface area contributed by atoms with Crippen LogP contribution in [-0.4, -0.2) is 23.4 Å². The van der Waals surface area contributed by atoms with Crippen molar-refractivity contribution in [3.63, 3.8) is 0 Å². The van der Waals surface area contributed by atoms with Crippen LogP contribution >= 0.6 is 11.6 Å². The molecule has 4 aromatic rings. The van der Waals surface area contributed by atoms with E-state index in [4.69, 9.17) is 11.6 Å². The van der Waals surface area contributed by atoms with Gasteiger partial charge in [0.25, 0.3) is 5.91 Å². The number of nitrogens with zero attached hydrogens (tertiary/aromatic N) is 1. The number of fused-ring (bicyclic) bond motifs is 1. The molecule has 162 valence electrons. The van der Waals surface area contributed by atoms with E-state index >= 15 is 0 Å². The first kappa shape index (κ1) is 21.7. The average Bonchev–Trinajstić information content (AvgIpc) is 3.18. The number of aryl methyl sites for hydroxylation is 2. The van der Waals surface area contributed by atoms with Crippen LogP contribution in [0.2, 0.25) is 5.02 Å². The Labute approximate surface area is 192 Å². The number of aliphatic imine (C=N–C) groups is 1. The number of anilines is 1. The lowest BCUT2D eigenvalue weighted by Crippen LogP contribution is -2.36. The van der Waals surface area contributed by atoms with E-state index in [0.717, 1.165) is 23.2 Å². The molecular weight excluding hydrogens is 420 g/mol. The van der Waals surface area contributed by atoms with Crippen molar-refractivity contribution in [2.45, 2.75) is 20.3 Å². The fourth-order valence-electron chi connectivity index (χ4n) is 3.63. The van der Waals surface area contributed by atoms with Gasteiger partial charge in [-0.2, -0.15) is 0 Å². The fourth-order valence-corrected chi connectivity index (χ4v) is 3.82. The van der Waals surface area contributed by atoms with Gasteiger partial charge in [-0.05, 0) is 61.7 Å². The lowest BCUT2D eigenvalue weighted by Gasteiger charge is -2.14. The number of nitrogens with one attached hydrogen (secondary N) is 3. The van der Waals surface area contributed by atoms with E-state index in [1.54, 1.807) is 24.3 Å². The number of rotatable bonds is 5. The summed E-state index contributed by atoms with van der Waals surface area (Å²) in [7, 11) is 0. The van der Waals surface area contributed by atoms with Crippen LogP contribution in [0.4, 0.5) is 5.69 Å². The number of benzene rings is 3. The molecule has 1 heterocycles. The van der Waals surface area contributed by atoms with Gasteiger partial charge >= 0.3 is 0 Å². The van der Waals surface area contributed by atoms with Gasteiger partial charge < -0.3 is 10.3 Å². The summed E-state index contributed by atoms with van der Waals surface area (Å²) >= 11 is 6.05. The van der Waals surface area contributed by atoms with Crippen molar-refractivity contribution in [2.24, 2.45) is 4.99 Å². The highest BCUT2D eigenvalue weighted by Gasteiger charge is 2.11. The maximum atomic E-state index is 12.8. The lowest BCUT2D eigenvalue weighted by atomic mass is 10.1. The van der Waals surface area contributed by atoms with Crippen molar-refractivity contribution in [1.29, 1.82) is 0 Å². The molecule has 1 amide bonds. The minimum atomic E-state index is -0.268. The van der Waals surface area contributed by atoms with Gasteiger partial charge in [0.1, 0.15) is 0 Å². The summed E-state index contributed by atoms with van der Waals surface area (Å²) in [5.41, 5.74) is 5.92. The number of hydrogen-bond acceptors (Lipinski definition) is 2. The smallest absolute Gasteiger partial charge is 0.258 e. The fraction of sp³-hybridized carbons (Fsp3) is 0.154. The predicted octanol–water partition coefficient (Wildman–Crippen LogP) is 5.88. The van der Waals surface area contributed by atoms with E-state index in [1.807, 2.05) is 44.3 Å². The molecule has 3 aromatic carbocycles. The number of halogens is 1. The third kappa shape index (κ3) is 5.18. The predicted molar refractivity (Wildman–Crippen MR) is 133 cm³/mol. The Kier molecular flexibility index (Phi) is 6.57. The standard InChI is InChI=1S/C26H25ClN4O/c1-17-10-11-23(18(2)14-17)30-26(31-25(32)19-6-5-7-21(27)15-19)28-13-12-20-16-29-24-9-4-3-8-22(20)24/h3-11,14-16,29H,12-13H2,1-2H3,(H2,28,30,31,32). The van der Waals surface area contributed by atoms with Gasteiger partial charge in [-0.25, -0.2) is 0 Å². The Hall–Kier alpha value is -3.57. The zero-order valence-corrected chi connectivity index (χ0v) is 18.8. The van der Waals surface area contributed by atoms with E-state index in [1.165, 1.54) is 16.5 Å². The molecule has 0 spiro atoms. The first-order chi connectivity index (χ1) is 15.5. The minimum Gasteiger partial charge on any atom is -0.361 e. The minimum absolute atomic E-state index is 0.268. The number of guanidine groups is 1. The molecule has 0 radical (unpaired) electrons. The molecule has 0 saturated carbocycles. The van der Waals surface area contributed by atoms with Crippen LogP contribution < -0.4 is 10.6 Å². The van der Waals surface area contributed by atoms with Crippen molar-refractivity contribution in [3.05, 3.63) is 100 Å². The molecule has 0 aliphatic rings. The molecule has 32 heavy (non-hydrogen) atoms.